The average molecular weight is 873 g/mol. The fourth-order valence-corrected chi connectivity index (χ4v) is 15.0. The second kappa shape index (κ2) is 17.1. The maximum atomic E-state index is 6.73. The minimum atomic E-state index is -3.09. The number of para-hydroxylation sites is 1. The van der Waals surface area contributed by atoms with Gasteiger partial charge in [-0.15, -0.1) is 0 Å². The molecule has 0 spiro atoms. The molecule has 0 aliphatic heterocycles. The first-order valence-electron chi connectivity index (χ1n) is 22.9. The highest BCUT2D eigenvalue weighted by Crippen LogP contribution is 2.41. The Labute approximate surface area is 391 Å². The van der Waals surface area contributed by atoms with Gasteiger partial charge in [0.1, 0.15) is 5.52 Å². The van der Waals surface area contributed by atoms with Crippen LogP contribution >= 0.6 is 0 Å². The summed E-state index contributed by atoms with van der Waals surface area (Å²) in [6.45, 7) is 0. The van der Waals surface area contributed by atoms with E-state index < -0.39 is 8.07 Å². The van der Waals surface area contributed by atoms with Gasteiger partial charge in [0.05, 0.1) is 0 Å². The lowest BCUT2D eigenvalue weighted by molar-refractivity contribution is 0.623. The summed E-state index contributed by atoms with van der Waals surface area (Å²) in [6, 6.07) is 97.0. The number of hydrogen-bond acceptors (Lipinski definition) is 3. The number of anilines is 3. The maximum absolute atomic E-state index is 6.73. The van der Waals surface area contributed by atoms with Gasteiger partial charge in [0.15, 0.2) is 13.7 Å². The van der Waals surface area contributed by atoms with Crippen LogP contribution in [-0.2, 0) is 0 Å². The Morgan fingerprint density at radius 1 is 0.358 bits per heavy atom. The normalized spacial score (nSPS) is 11.6. The number of hydrogen-bond donors (Lipinski definition) is 0. The van der Waals surface area contributed by atoms with Crippen molar-refractivity contribution in [3.05, 3.63) is 267 Å². The van der Waals surface area contributed by atoms with Crippen molar-refractivity contribution in [3.63, 3.8) is 0 Å². The molecule has 0 saturated carbocycles. The van der Waals surface area contributed by atoms with Crippen LogP contribution in [0, 0.1) is 0 Å². The van der Waals surface area contributed by atoms with E-state index in [1.165, 1.54) is 43.0 Å². The highest BCUT2D eigenvalue weighted by Gasteiger charge is 2.44. The third-order valence-corrected chi connectivity index (χ3v) is 18.1. The Morgan fingerprint density at radius 3 is 1.42 bits per heavy atom. The molecule has 3 nitrogen and oxygen atoms in total. The number of rotatable bonds is 10. The first kappa shape index (κ1) is 40.0. The molecule has 0 atom stereocenters. The van der Waals surface area contributed by atoms with Crippen LogP contribution in [0.1, 0.15) is 0 Å². The zero-order chi connectivity index (χ0) is 44.6. The molecule has 0 aliphatic carbocycles. The number of aromatic nitrogens is 1. The Hall–Kier alpha value is -8.57. The van der Waals surface area contributed by atoms with E-state index in [2.05, 4.69) is 241 Å². The zero-order valence-corrected chi connectivity index (χ0v) is 37.7. The number of fused-ring (bicyclic) bond motifs is 5. The van der Waals surface area contributed by atoms with E-state index in [0.29, 0.717) is 5.89 Å². The zero-order valence-electron chi connectivity index (χ0n) is 36.7. The van der Waals surface area contributed by atoms with Crippen molar-refractivity contribution in [3.8, 4) is 33.7 Å². The van der Waals surface area contributed by atoms with Crippen molar-refractivity contribution in [2.45, 2.75) is 0 Å². The molecule has 67 heavy (non-hydrogen) atoms. The Kier molecular flexibility index (Phi) is 10.2. The molecule has 12 aromatic rings. The van der Waals surface area contributed by atoms with Gasteiger partial charge in [0.25, 0.3) is 0 Å². The molecule has 0 unspecified atom stereocenters. The van der Waals surface area contributed by atoms with Crippen molar-refractivity contribution < 1.29 is 4.42 Å². The summed E-state index contributed by atoms with van der Waals surface area (Å²) in [6.07, 6.45) is 0. The van der Waals surface area contributed by atoms with E-state index in [0.717, 1.165) is 55.3 Å². The molecule has 1 aromatic heterocycles. The van der Waals surface area contributed by atoms with Crippen molar-refractivity contribution in [2.24, 2.45) is 0 Å². The van der Waals surface area contributed by atoms with Gasteiger partial charge >= 0.3 is 0 Å². The van der Waals surface area contributed by atoms with Gasteiger partial charge in [-0.3, -0.25) is 0 Å². The van der Waals surface area contributed by atoms with Gasteiger partial charge in [0, 0.05) is 28.0 Å². The lowest BCUT2D eigenvalue weighted by Gasteiger charge is -2.38. The lowest BCUT2D eigenvalue weighted by atomic mass is 10.00. The third-order valence-electron chi connectivity index (χ3n) is 13.2. The number of benzene rings is 11. The lowest BCUT2D eigenvalue weighted by Crippen LogP contribution is -2.75. The fraction of sp³-hybridized carbons (Fsp3) is 0. The van der Waals surface area contributed by atoms with Crippen LogP contribution in [0.5, 0.6) is 0 Å². The predicted octanol–water partition coefficient (Wildman–Crippen LogP) is 14.0. The summed E-state index contributed by atoms with van der Waals surface area (Å²) in [7, 11) is -3.09. The smallest absolute Gasteiger partial charge is 0.227 e. The van der Waals surface area contributed by atoms with Crippen LogP contribution in [0.2, 0.25) is 0 Å². The van der Waals surface area contributed by atoms with E-state index in [-0.39, 0.29) is 0 Å². The van der Waals surface area contributed by atoms with Gasteiger partial charge in [-0.25, -0.2) is 4.98 Å². The van der Waals surface area contributed by atoms with Gasteiger partial charge in [0.2, 0.25) is 5.89 Å². The molecule has 1 heterocycles. The van der Waals surface area contributed by atoms with Crippen LogP contribution < -0.4 is 25.6 Å². The first-order valence-corrected chi connectivity index (χ1v) is 24.9. The molecule has 4 heteroatoms. The molecule has 0 radical (unpaired) electrons. The fourth-order valence-electron chi connectivity index (χ4n) is 10.1. The van der Waals surface area contributed by atoms with E-state index >= 15 is 0 Å². The molecule has 0 saturated heterocycles. The second-order valence-corrected chi connectivity index (χ2v) is 20.8. The first-order chi connectivity index (χ1) is 33.2. The topological polar surface area (TPSA) is 29.3 Å². The van der Waals surface area contributed by atoms with Gasteiger partial charge in [-0.05, 0) is 108 Å². The molecule has 0 bridgehead atoms. The minimum Gasteiger partial charge on any atom is -0.435 e. The van der Waals surface area contributed by atoms with Gasteiger partial charge in [-0.1, -0.05) is 218 Å². The number of oxazole rings is 1. The van der Waals surface area contributed by atoms with E-state index in [9.17, 15) is 0 Å². The molecule has 12 rings (SSSR count). The Bertz CT molecular complexity index is 3610. The molecular weight excluding hydrogens is 829 g/mol. The van der Waals surface area contributed by atoms with Crippen molar-refractivity contribution >= 4 is 78.5 Å². The molecule has 316 valence electrons. The van der Waals surface area contributed by atoms with Crippen molar-refractivity contribution in [1.82, 2.24) is 4.98 Å². The maximum Gasteiger partial charge on any atom is 0.227 e. The van der Waals surface area contributed by atoms with Crippen LogP contribution in [-0.4, -0.2) is 13.1 Å². The Balaban J connectivity index is 1.13. The van der Waals surface area contributed by atoms with E-state index in [4.69, 9.17) is 9.40 Å². The molecule has 0 fully saturated rings. The summed E-state index contributed by atoms with van der Waals surface area (Å²) >= 11 is 0. The van der Waals surface area contributed by atoms with Crippen LogP contribution in [0.3, 0.4) is 0 Å². The van der Waals surface area contributed by atoms with Gasteiger partial charge < -0.3 is 9.32 Å². The van der Waals surface area contributed by atoms with Crippen molar-refractivity contribution in [1.29, 1.82) is 0 Å². The largest absolute Gasteiger partial charge is 0.435 e. The standard InChI is InChI=1S/C63H44N2OSi/c1-6-18-45(19-7-1)47-32-38-52(39-33-47)65(53-40-34-49-30-31-50-37-43-58-62(61(50)57(49)44-53)66-63(64-58)51-22-10-3-11-23-51)59-28-16-17-29-60(59)67(54-24-12-4-13-25-54,55-26-14-5-15-27-55)56-41-35-48(36-42-56)46-20-8-2-9-21-46/h1-44H. The molecule has 0 amide bonds. The quantitative estimate of drug-likeness (QED) is 0.0779. The highest BCUT2D eigenvalue weighted by molar-refractivity contribution is 7.20. The Morgan fingerprint density at radius 2 is 0.806 bits per heavy atom. The average Bonchev–Trinajstić information content (AvgIpc) is 3.86. The van der Waals surface area contributed by atoms with Crippen LogP contribution in [0.25, 0.3) is 66.4 Å². The molecule has 0 N–H and O–H groups in total. The van der Waals surface area contributed by atoms with E-state index in [1.54, 1.807) is 0 Å². The molecular formula is C63H44N2OSi. The molecule has 11 aromatic carbocycles. The monoisotopic (exact) mass is 872 g/mol. The summed E-state index contributed by atoms with van der Waals surface area (Å²) in [4.78, 5) is 7.48. The van der Waals surface area contributed by atoms with Crippen molar-refractivity contribution in [2.75, 3.05) is 4.90 Å². The summed E-state index contributed by atoms with van der Waals surface area (Å²) < 4.78 is 6.73. The summed E-state index contributed by atoms with van der Waals surface area (Å²) in [5, 5.41) is 9.60. The van der Waals surface area contributed by atoms with Crippen LogP contribution in [0.15, 0.2) is 271 Å². The summed E-state index contributed by atoms with van der Waals surface area (Å²) in [5.74, 6) is 0.616. The minimum absolute atomic E-state index is 0.616. The summed E-state index contributed by atoms with van der Waals surface area (Å²) in [5.41, 5.74) is 10.6. The highest BCUT2D eigenvalue weighted by atomic mass is 28.3. The van der Waals surface area contributed by atoms with E-state index in [1.807, 2.05) is 30.3 Å². The predicted molar refractivity (Wildman–Crippen MR) is 284 cm³/mol. The SMILES string of the molecule is c1ccc(-c2ccc(N(c3ccc4ccc5ccc6nc(-c7ccccc7)oc6c5c4c3)c3ccccc3[Si](c3ccccc3)(c3ccccc3)c3ccc(-c4ccccc4)cc3)cc2)cc1. The third kappa shape index (κ3) is 7.12. The molecule has 0 aliphatic rings. The number of nitrogens with zero attached hydrogens (tertiary/aromatic N) is 2. The second-order valence-electron chi connectivity index (χ2n) is 17.1. The van der Waals surface area contributed by atoms with Gasteiger partial charge in [-0.2, -0.15) is 0 Å². The van der Waals surface area contributed by atoms with Crippen LogP contribution in [0.4, 0.5) is 17.1 Å².